The molecule has 0 unspecified atom stereocenters. The molecule has 1 aromatic carbocycles. The quantitative estimate of drug-likeness (QED) is 0.603. The van der Waals surface area contributed by atoms with Crippen molar-refractivity contribution < 1.29 is 23.9 Å². The second-order valence-electron chi connectivity index (χ2n) is 5.09. The van der Waals surface area contributed by atoms with E-state index in [2.05, 4.69) is 10.9 Å². The van der Waals surface area contributed by atoms with Gasteiger partial charge in [0.15, 0.2) is 0 Å². The number of rotatable bonds is 5. The first-order valence-electron chi connectivity index (χ1n) is 7.35. The lowest BCUT2D eigenvalue weighted by Crippen LogP contribution is -2.42. The summed E-state index contributed by atoms with van der Waals surface area (Å²) in [7, 11) is 1.54. The van der Waals surface area contributed by atoms with Gasteiger partial charge in [0.05, 0.1) is 12.0 Å². The summed E-state index contributed by atoms with van der Waals surface area (Å²) in [6.45, 7) is 1.19. The van der Waals surface area contributed by atoms with Crippen LogP contribution in [0.5, 0.6) is 5.75 Å². The van der Waals surface area contributed by atoms with Gasteiger partial charge in [0, 0.05) is 19.9 Å². The Labute approximate surface area is 148 Å². The van der Waals surface area contributed by atoms with Crippen molar-refractivity contribution in [2.45, 2.75) is 13.3 Å². The molecule has 0 radical (unpaired) electrons. The summed E-state index contributed by atoms with van der Waals surface area (Å²) in [6.07, 6.45) is 1.50. The molecule has 1 fully saturated rings. The Morgan fingerprint density at radius 3 is 2.72 bits per heavy atom. The smallest absolute Gasteiger partial charge is 0.293 e. The van der Waals surface area contributed by atoms with E-state index in [1.54, 1.807) is 37.5 Å². The van der Waals surface area contributed by atoms with Gasteiger partial charge >= 0.3 is 0 Å². The Morgan fingerprint density at radius 1 is 1.28 bits per heavy atom. The zero-order chi connectivity index (χ0) is 18.4. The van der Waals surface area contributed by atoms with Gasteiger partial charge < -0.3 is 4.74 Å². The van der Waals surface area contributed by atoms with Crippen molar-refractivity contribution in [1.82, 2.24) is 15.8 Å². The number of ether oxygens (including phenoxy) is 1. The molecule has 8 nitrogen and oxygen atoms in total. The van der Waals surface area contributed by atoms with Crippen molar-refractivity contribution >= 4 is 40.8 Å². The van der Waals surface area contributed by atoms with Crippen LogP contribution in [0.1, 0.15) is 18.9 Å². The first-order chi connectivity index (χ1) is 11.9. The molecule has 1 saturated heterocycles. The number of methoxy groups -OCH3 is 1. The van der Waals surface area contributed by atoms with Crippen LogP contribution in [0.2, 0.25) is 0 Å². The van der Waals surface area contributed by atoms with Crippen LogP contribution >= 0.6 is 11.8 Å². The molecule has 132 valence electrons. The fraction of sp³-hybridized carbons (Fsp3) is 0.250. The number of hydrogen-bond acceptors (Lipinski definition) is 6. The van der Waals surface area contributed by atoms with Gasteiger partial charge in [0.1, 0.15) is 5.75 Å². The van der Waals surface area contributed by atoms with E-state index in [-0.39, 0.29) is 17.9 Å². The molecule has 0 aliphatic carbocycles. The number of nitrogens with zero attached hydrogens (tertiary/aromatic N) is 1. The monoisotopic (exact) mass is 363 g/mol. The summed E-state index contributed by atoms with van der Waals surface area (Å²) < 4.78 is 5.12. The number of carbonyl (C=O) groups excluding carboxylic acids is 4. The molecule has 2 rings (SSSR count). The largest absolute Gasteiger partial charge is 0.497 e. The van der Waals surface area contributed by atoms with Gasteiger partial charge in [-0.3, -0.25) is 34.9 Å². The van der Waals surface area contributed by atoms with Crippen LogP contribution in [0.4, 0.5) is 4.79 Å². The van der Waals surface area contributed by atoms with E-state index in [9.17, 15) is 19.2 Å². The standard InChI is InChI=1S/C16H17N3O5S/c1-10(20)17-18-14(21)6-7-19-15(22)13(25-16(19)23)9-11-4-3-5-12(8-11)24-2/h3-5,8-9H,6-7H2,1-2H3,(H,17,20)(H,18,21). The van der Waals surface area contributed by atoms with Gasteiger partial charge in [0.2, 0.25) is 11.8 Å². The Kier molecular flexibility index (Phi) is 6.18. The van der Waals surface area contributed by atoms with Gasteiger partial charge in [-0.15, -0.1) is 0 Å². The van der Waals surface area contributed by atoms with Crippen molar-refractivity contribution in [3.63, 3.8) is 0 Å². The Balaban J connectivity index is 2.00. The summed E-state index contributed by atoms with van der Waals surface area (Å²) in [5.41, 5.74) is 5.05. The summed E-state index contributed by atoms with van der Waals surface area (Å²) in [5.74, 6) is -0.723. The van der Waals surface area contributed by atoms with Crippen molar-refractivity contribution in [2.24, 2.45) is 0 Å². The van der Waals surface area contributed by atoms with Crippen LogP contribution in [0.15, 0.2) is 29.2 Å². The fourth-order valence-corrected chi connectivity index (χ4v) is 2.87. The lowest BCUT2D eigenvalue weighted by molar-refractivity contribution is -0.128. The maximum absolute atomic E-state index is 12.3. The van der Waals surface area contributed by atoms with Crippen molar-refractivity contribution in [3.05, 3.63) is 34.7 Å². The molecule has 25 heavy (non-hydrogen) atoms. The van der Waals surface area contributed by atoms with Crippen LogP contribution in [0.25, 0.3) is 6.08 Å². The van der Waals surface area contributed by atoms with E-state index in [1.165, 1.54) is 6.92 Å². The SMILES string of the molecule is COc1cccc(C=C2SC(=O)N(CCC(=O)NNC(C)=O)C2=O)c1. The number of hydrazine groups is 1. The van der Waals surface area contributed by atoms with Gasteiger partial charge in [-0.1, -0.05) is 12.1 Å². The Bertz CT molecular complexity index is 747. The van der Waals surface area contributed by atoms with Crippen LogP contribution in [-0.2, 0) is 14.4 Å². The van der Waals surface area contributed by atoms with Gasteiger partial charge in [-0.25, -0.2) is 0 Å². The highest BCUT2D eigenvalue weighted by Gasteiger charge is 2.35. The molecular weight excluding hydrogens is 346 g/mol. The molecule has 2 N–H and O–H groups in total. The minimum atomic E-state index is -0.494. The maximum atomic E-state index is 12.3. The fourth-order valence-electron chi connectivity index (χ4n) is 2.01. The third-order valence-corrected chi connectivity index (χ3v) is 4.11. The second kappa shape index (κ2) is 8.34. The molecule has 1 aliphatic heterocycles. The maximum Gasteiger partial charge on any atom is 0.293 e. The van der Waals surface area contributed by atoms with Crippen LogP contribution < -0.4 is 15.6 Å². The second-order valence-corrected chi connectivity index (χ2v) is 6.08. The minimum absolute atomic E-state index is 0.0640. The number of benzene rings is 1. The Hall–Kier alpha value is -2.81. The average Bonchev–Trinajstić information content (AvgIpc) is 2.84. The molecular formula is C16H17N3O5S. The molecule has 9 heteroatoms. The third-order valence-electron chi connectivity index (χ3n) is 3.21. The molecule has 0 aromatic heterocycles. The molecule has 0 bridgehead atoms. The van der Waals surface area contributed by atoms with Crippen molar-refractivity contribution in [2.75, 3.05) is 13.7 Å². The van der Waals surface area contributed by atoms with Crippen LogP contribution in [0, 0.1) is 0 Å². The van der Waals surface area contributed by atoms with E-state index in [4.69, 9.17) is 4.74 Å². The molecule has 4 amide bonds. The minimum Gasteiger partial charge on any atom is -0.497 e. The van der Waals surface area contributed by atoms with Crippen LogP contribution in [0.3, 0.4) is 0 Å². The number of thioether (sulfide) groups is 1. The van der Waals surface area contributed by atoms with Crippen LogP contribution in [-0.4, -0.2) is 41.5 Å². The average molecular weight is 363 g/mol. The predicted molar refractivity (Wildman–Crippen MR) is 92.2 cm³/mol. The number of amides is 4. The van der Waals surface area contributed by atoms with E-state index in [1.807, 2.05) is 0 Å². The highest BCUT2D eigenvalue weighted by molar-refractivity contribution is 8.18. The molecule has 1 aromatic rings. The zero-order valence-electron chi connectivity index (χ0n) is 13.7. The normalized spacial score (nSPS) is 15.4. The van der Waals surface area contributed by atoms with E-state index >= 15 is 0 Å². The van der Waals surface area contributed by atoms with Crippen molar-refractivity contribution in [1.29, 1.82) is 0 Å². The number of hydrogen-bond donors (Lipinski definition) is 2. The van der Waals surface area contributed by atoms with Gasteiger partial charge in [-0.2, -0.15) is 0 Å². The van der Waals surface area contributed by atoms with Gasteiger partial charge in [0.25, 0.3) is 11.1 Å². The third kappa shape index (κ3) is 5.08. The Morgan fingerprint density at radius 2 is 2.04 bits per heavy atom. The highest BCUT2D eigenvalue weighted by atomic mass is 32.2. The number of imide groups is 1. The van der Waals surface area contributed by atoms with Gasteiger partial charge in [-0.05, 0) is 35.5 Å². The topological polar surface area (TPSA) is 105 Å². The zero-order valence-corrected chi connectivity index (χ0v) is 14.5. The lowest BCUT2D eigenvalue weighted by Gasteiger charge is -2.12. The highest BCUT2D eigenvalue weighted by Crippen LogP contribution is 2.32. The summed E-state index contributed by atoms with van der Waals surface area (Å²) in [5, 5.41) is -0.438. The predicted octanol–water partition coefficient (Wildman–Crippen LogP) is 1.29. The summed E-state index contributed by atoms with van der Waals surface area (Å²) in [4.78, 5) is 47.9. The summed E-state index contributed by atoms with van der Waals surface area (Å²) in [6, 6.07) is 7.09. The summed E-state index contributed by atoms with van der Waals surface area (Å²) >= 11 is 0.816. The molecule has 1 aliphatic rings. The number of nitrogens with one attached hydrogen (secondary N) is 2. The molecule has 0 saturated carbocycles. The lowest BCUT2D eigenvalue weighted by atomic mass is 10.2. The molecule has 1 heterocycles. The van der Waals surface area contributed by atoms with E-state index < -0.39 is 23.0 Å². The van der Waals surface area contributed by atoms with E-state index in [0.29, 0.717) is 5.75 Å². The molecule has 0 atom stereocenters. The van der Waals surface area contributed by atoms with E-state index in [0.717, 1.165) is 22.2 Å². The van der Waals surface area contributed by atoms with Crippen molar-refractivity contribution in [3.8, 4) is 5.75 Å². The molecule has 0 spiro atoms. The number of carbonyl (C=O) groups is 4. The first-order valence-corrected chi connectivity index (χ1v) is 8.17. The first kappa shape index (κ1) is 18.5.